The van der Waals surface area contributed by atoms with E-state index in [1.165, 1.54) is 29.4 Å². The Bertz CT molecular complexity index is 1050. The van der Waals surface area contributed by atoms with Crippen LogP contribution in [0.1, 0.15) is 44.9 Å². The highest BCUT2D eigenvalue weighted by Crippen LogP contribution is 2.34. The van der Waals surface area contributed by atoms with Gasteiger partial charge < -0.3 is 24.8 Å². The Labute approximate surface area is 197 Å². The van der Waals surface area contributed by atoms with E-state index in [0.29, 0.717) is 16.7 Å². The summed E-state index contributed by atoms with van der Waals surface area (Å²) in [7, 11) is 0. The largest absolute Gasteiger partial charge is 0.467 e. The molecule has 2 N–H and O–H groups in total. The number of nitrogens with one attached hydrogen (secondary N) is 1. The van der Waals surface area contributed by atoms with Crippen LogP contribution in [0.3, 0.4) is 0 Å². The highest BCUT2D eigenvalue weighted by Gasteiger charge is 2.35. The third kappa shape index (κ3) is 6.13. The van der Waals surface area contributed by atoms with Gasteiger partial charge in [-0.2, -0.15) is 13.2 Å². The topological polar surface area (TPSA) is 114 Å². The van der Waals surface area contributed by atoms with Gasteiger partial charge >= 0.3 is 6.18 Å². The number of hydrogen-bond acceptors (Lipinski definition) is 7. The van der Waals surface area contributed by atoms with E-state index in [2.05, 4.69) is 20.0 Å². The maximum absolute atomic E-state index is 13.0. The first-order valence-corrected chi connectivity index (χ1v) is 10.6. The van der Waals surface area contributed by atoms with Crippen molar-refractivity contribution in [2.24, 2.45) is 0 Å². The standard InChI is InChI=1S/C21H22ClF3N4O5/c1-12(13-8-16(22)19(28-9-13)34-11-21(23,24)25)29-10-15-14(20(29)32)2-3-26-17(15)18(31)27-4-6-33-7-5-30/h2-3,8-9,12,30H,4-7,10-11H2,1H3,(H,27,31). The highest BCUT2D eigenvalue weighted by molar-refractivity contribution is 6.31. The van der Waals surface area contributed by atoms with E-state index in [0.717, 1.165) is 0 Å². The SMILES string of the molecule is CC(c1cnc(OCC(F)(F)F)c(Cl)c1)N1Cc2c(ccnc2C(=O)NCCOCCO)C1=O. The molecule has 2 aromatic rings. The van der Waals surface area contributed by atoms with Gasteiger partial charge in [0.25, 0.3) is 11.8 Å². The van der Waals surface area contributed by atoms with Gasteiger partial charge in [0.2, 0.25) is 5.88 Å². The van der Waals surface area contributed by atoms with Crippen LogP contribution in [0, 0.1) is 0 Å². The molecule has 3 heterocycles. The minimum Gasteiger partial charge on any atom is -0.467 e. The van der Waals surface area contributed by atoms with Crippen molar-refractivity contribution < 1.29 is 37.3 Å². The smallest absolute Gasteiger partial charge is 0.422 e. The molecule has 0 aliphatic carbocycles. The highest BCUT2D eigenvalue weighted by atomic mass is 35.5. The zero-order valence-electron chi connectivity index (χ0n) is 18.1. The predicted octanol–water partition coefficient (Wildman–Crippen LogP) is 2.53. The van der Waals surface area contributed by atoms with E-state index in [4.69, 9.17) is 21.4 Å². The molecule has 34 heavy (non-hydrogen) atoms. The van der Waals surface area contributed by atoms with Gasteiger partial charge in [0.1, 0.15) is 10.7 Å². The summed E-state index contributed by atoms with van der Waals surface area (Å²) in [5.41, 5.74) is 1.37. The molecule has 184 valence electrons. The van der Waals surface area contributed by atoms with Crippen LogP contribution in [0.4, 0.5) is 13.2 Å². The van der Waals surface area contributed by atoms with Gasteiger partial charge in [0.05, 0.1) is 25.9 Å². The minimum absolute atomic E-state index is 0.0941. The molecule has 0 fully saturated rings. The number of aliphatic hydroxyl groups excluding tert-OH is 1. The van der Waals surface area contributed by atoms with Crippen molar-refractivity contribution in [3.63, 3.8) is 0 Å². The number of halogens is 4. The van der Waals surface area contributed by atoms with Crippen LogP contribution in [0.15, 0.2) is 24.5 Å². The van der Waals surface area contributed by atoms with Gasteiger partial charge in [-0.1, -0.05) is 11.6 Å². The third-order valence-electron chi connectivity index (χ3n) is 5.01. The van der Waals surface area contributed by atoms with Gasteiger partial charge in [0.15, 0.2) is 6.61 Å². The fourth-order valence-corrected chi connectivity index (χ4v) is 3.58. The Balaban J connectivity index is 1.71. The first-order valence-electron chi connectivity index (χ1n) is 10.2. The summed E-state index contributed by atoms with van der Waals surface area (Å²) in [6.07, 6.45) is -1.88. The van der Waals surface area contributed by atoms with Gasteiger partial charge in [0, 0.05) is 36.6 Å². The number of ether oxygens (including phenoxy) is 2. The number of aliphatic hydroxyl groups is 1. The first-order chi connectivity index (χ1) is 16.1. The average Bonchev–Trinajstić information content (AvgIpc) is 3.13. The molecule has 0 bridgehead atoms. The normalized spacial score (nSPS) is 14.2. The Morgan fingerprint density at radius 2 is 2.12 bits per heavy atom. The zero-order valence-corrected chi connectivity index (χ0v) is 18.8. The molecule has 0 saturated heterocycles. The Morgan fingerprint density at radius 3 is 2.79 bits per heavy atom. The van der Waals surface area contributed by atoms with Gasteiger partial charge in [-0.25, -0.2) is 4.98 Å². The van der Waals surface area contributed by atoms with E-state index in [1.807, 2.05) is 0 Å². The molecular formula is C21H22ClF3N4O5. The zero-order chi connectivity index (χ0) is 24.9. The van der Waals surface area contributed by atoms with Crippen molar-refractivity contribution >= 4 is 23.4 Å². The lowest BCUT2D eigenvalue weighted by Gasteiger charge is -2.25. The van der Waals surface area contributed by atoms with Gasteiger partial charge in [-0.15, -0.1) is 0 Å². The van der Waals surface area contributed by atoms with Crippen molar-refractivity contribution in [3.05, 3.63) is 51.9 Å². The van der Waals surface area contributed by atoms with Crippen LogP contribution >= 0.6 is 11.6 Å². The summed E-state index contributed by atoms with van der Waals surface area (Å²) in [5, 5.41) is 11.2. The van der Waals surface area contributed by atoms with Crippen molar-refractivity contribution in [3.8, 4) is 5.88 Å². The molecule has 0 aromatic carbocycles. The van der Waals surface area contributed by atoms with Crippen LogP contribution in [-0.4, -0.2) is 70.9 Å². The molecule has 0 spiro atoms. The lowest BCUT2D eigenvalue weighted by Crippen LogP contribution is -2.29. The number of carbonyl (C=O) groups excluding carboxylic acids is 2. The predicted molar refractivity (Wildman–Crippen MR) is 114 cm³/mol. The van der Waals surface area contributed by atoms with Crippen LogP contribution < -0.4 is 10.1 Å². The molecular weight excluding hydrogens is 481 g/mol. The maximum Gasteiger partial charge on any atom is 0.422 e. The lowest BCUT2D eigenvalue weighted by atomic mass is 10.1. The molecule has 1 aliphatic heterocycles. The summed E-state index contributed by atoms with van der Waals surface area (Å²) in [4.78, 5) is 35.0. The van der Waals surface area contributed by atoms with Crippen LogP contribution in [0.25, 0.3) is 0 Å². The molecule has 2 aromatic heterocycles. The maximum atomic E-state index is 13.0. The third-order valence-corrected chi connectivity index (χ3v) is 5.28. The molecule has 1 unspecified atom stereocenters. The van der Waals surface area contributed by atoms with E-state index in [-0.39, 0.29) is 55.4 Å². The van der Waals surface area contributed by atoms with Crippen LogP contribution in [0.5, 0.6) is 5.88 Å². The molecule has 1 aliphatic rings. The molecule has 0 radical (unpaired) electrons. The minimum atomic E-state index is -4.53. The van der Waals surface area contributed by atoms with Crippen LogP contribution in [0.2, 0.25) is 5.02 Å². The summed E-state index contributed by atoms with van der Waals surface area (Å²) < 4.78 is 46.8. The number of hydrogen-bond donors (Lipinski definition) is 2. The molecule has 2 amide bonds. The fourth-order valence-electron chi connectivity index (χ4n) is 3.35. The number of alkyl halides is 3. The summed E-state index contributed by atoms with van der Waals surface area (Å²) in [5.74, 6) is -1.17. The number of carbonyl (C=O) groups is 2. The average molecular weight is 503 g/mol. The number of pyridine rings is 2. The summed E-state index contributed by atoms with van der Waals surface area (Å²) in [6.45, 7) is 0.716. The number of fused-ring (bicyclic) bond motifs is 1. The van der Waals surface area contributed by atoms with E-state index >= 15 is 0 Å². The van der Waals surface area contributed by atoms with Gasteiger partial charge in [-0.3, -0.25) is 14.6 Å². The fraction of sp³-hybridized carbons (Fsp3) is 0.429. The van der Waals surface area contributed by atoms with Crippen molar-refractivity contribution in [1.82, 2.24) is 20.2 Å². The number of amides is 2. The second-order valence-corrected chi connectivity index (χ2v) is 7.75. The second kappa shape index (κ2) is 11.0. The lowest BCUT2D eigenvalue weighted by molar-refractivity contribution is -0.154. The molecule has 0 saturated carbocycles. The van der Waals surface area contributed by atoms with E-state index in [9.17, 15) is 22.8 Å². The summed E-state index contributed by atoms with van der Waals surface area (Å²) >= 11 is 6.04. The van der Waals surface area contributed by atoms with Crippen LogP contribution in [-0.2, 0) is 11.3 Å². The molecule has 1 atom stereocenters. The Morgan fingerprint density at radius 1 is 1.35 bits per heavy atom. The second-order valence-electron chi connectivity index (χ2n) is 7.35. The van der Waals surface area contributed by atoms with Gasteiger partial charge in [-0.05, 0) is 24.6 Å². The van der Waals surface area contributed by atoms with Crippen molar-refractivity contribution in [1.29, 1.82) is 0 Å². The molecule has 13 heteroatoms. The number of aromatic nitrogens is 2. The summed E-state index contributed by atoms with van der Waals surface area (Å²) in [6, 6.07) is 2.36. The first kappa shape index (κ1) is 25.7. The number of nitrogens with zero attached hydrogens (tertiary/aromatic N) is 3. The van der Waals surface area contributed by atoms with Crippen molar-refractivity contribution in [2.45, 2.75) is 25.7 Å². The quantitative estimate of drug-likeness (QED) is 0.480. The molecule has 3 rings (SSSR count). The van der Waals surface area contributed by atoms with E-state index in [1.54, 1.807) is 6.92 Å². The van der Waals surface area contributed by atoms with E-state index < -0.39 is 24.7 Å². The Hall–Kier alpha value is -2.96. The Kier molecular flexibility index (Phi) is 8.28. The number of rotatable bonds is 10. The monoisotopic (exact) mass is 502 g/mol. The van der Waals surface area contributed by atoms with Crippen molar-refractivity contribution in [2.75, 3.05) is 33.0 Å². The molecule has 9 nitrogen and oxygen atoms in total.